The van der Waals surface area contributed by atoms with Crippen LogP contribution in [0, 0.1) is 0 Å². The molecule has 1 saturated heterocycles. The van der Waals surface area contributed by atoms with Crippen molar-refractivity contribution in [2.24, 2.45) is 0 Å². The topological polar surface area (TPSA) is 62.7 Å². The fourth-order valence-corrected chi connectivity index (χ4v) is 4.11. The van der Waals surface area contributed by atoms with Crippen molar-refractivity contribution < 1.29 is 14.3 Å². The highest BCUT2D eigenvalue weighted by Gasteiger charge is 2.37. The standard InChI is InChI=1S/C26H27N3O3/c1-3-28-15-16-29(25(30)23-9-4-5-14-27-23)24(26(28)31)18-19-7-6-8-21(17-19)20-10-12-22(32-2)13-11-20/h4-14,17,24H,3,15-16,18H2,1-2H3/t24-/m1/s1. The number of rotatable bonds is 6. The molecular formula is C26H27N3O3. The molecule has 0 unspecified atom stereocenters. The lowest BCUT2D eigenvalue weighted by atomic mass is 9.97. The monoisotopic (exact) mass is 429 g/mol. The number of hydrogen-bond acceptors (Lipinski definition) is 4. The summed E-state index contributed by atoms with van der Waals surface area (Å²) in [4.78, 5) is 34.1. The smallest absolute Gasteiger partial charge is 0.273 e. The van der Waals surface area contributed by atoms with Crippen molar-refractivity contribution in [3.8, 4) is 16.9 Å². The molecule has 6 heteroatoms. The second-order valence-electron chi connectivity index (χ2n) is 7.78. The number of amides is 2. The summed E-state index contributed by atoms with van der Waals surface area (Å²) in [5.41, 5.74) is 3.50. The van der Waals surface area contributed by atoms with Crippen LogP contribution in [0.25, 0.3) is 11.1 Å². The van der Waals surface area contributed by atoms with Crippen molar-refractivity contribution in [1.82, 2.24) is 14.8 Å². The highest BCUT2D eigenvalue weighted by atomic mass is 16.5. The minimum Gasteiger partial charge on any atom is -0.497 e. The van der Waals surface area contributed by atoms with Gasteiger partial charge in [0.05, 0.1) is 7.11 Å². The third kappa shape index (κ3) is 4.49. The summed E-state index contributed by atoms with van der Waals surface area (Å²) in [7, 11) is 1.65. The average Bonchev–Trinajstić information content (AvgIpc) is 2.85. The van der Waals surface area contributed by atoms with Gasteiger partial charge in [0.1, 0.15) is 17.5 Å². The van der Waals surface area contributed by atoms with Crippen LogP contribution in [0.3, 0.4) is 0 Å². The molecule has 0 aliphatic carbocycles. The predicted octanol–water partition coefficient (Wildman–Crippen LogP) is 3.67. The van der Waals surface area contributed by atoms with Gasteiger partial charge in [-0.05, 0) is 47.9 Å². The van der Waals surface area contributed by atoms with E-state index in [1.54, 1.807) is 36.4 Å². The molecule has 3 aromatic rings. The normalized spacial score (nSPS) is 16.2. The van der Waals surface area contributed by atoms with Crippen LogP contribution in [-0.4, -0.2) is 59.4 Å². The van der Waals surface area contributed by atoms with Gasteiger partial charge in [-0.25, -0.2) is 0 Å². The second kappa shape index (κ2) is 9.64. The summed E-state index contributed by atoms with van der Waals surface area (Å²) in [5.74, 6) is 0.588. The largest absolute Gasteiger partial charge is 0.497 e. The number of aromatic nitrogens is 1. The molecule has 0 radical (unpaired) electrons. The van der Waals surface area contributed by atoms with Gasteiger partial charge in [-0.3, -0.25) is 14.6 Å². The molecule has 2 aromatic carbocycles. The van der Waals surface area contributed by atoms with Crippen molar-refractivity contribution in [3.63, 3.8) is 0 Å². The zero-order valence-electron chi connectivity index (χ0n) is 18.4. The molecule has 1 fully saturated rings. The Kier molecular flexibility index (Phi) is 6.50. The number of likely N-dealkylation sites (N-methyl/N-ethyl adjacent to an activating group) is 1. The lowest BCUT2D eigenvalue weighted by Gasteiger charge is -2.40. The fraction of sp³-hybridized carbons (Fsp3) is 0.269. The van der Waals surface area contributed by atoms with Crippen LogP contribution in [0.5, 0.6) is 5.75 Å². The Hall–Kier alpha value is -3.67. The van der Waals surface area contributed by atoms with E-state index in [2.05, 4.69) is 11.1 Å². The van der Waals surface area contributed by atoms with Crippen LogP contribution < -0.4 is 4.74 Å². The number of carbonyl (C=O) groups excluding carboxylic acids is 2. The molecule has 1 aliphatic rings. The molecule has 0 N–H and O–H groups in total. The number of nitrogens with zero attached hydrogens (tertiary/aromatic N) is 3. The second-order valence-corrected chi connectivity index (χ2v) is 7.78. The molecule has 0 bridgehead atoms. The van der Waals surface area contributed by atoms with Crippen LogP contribution >= 0.6 is 0 Å². The summed E-state index contributed by atoms with van der Waals surface area (Å²) in [6, 6.07) is 20.7. The van der Waals surface area contributed by atoms with Crippen molar-refractivity contribution in [3.05, 3.63) is 84.2 Å². The zero-order chi connectivity index (χ0) is 22.5. The van der Waals surface area contributed by atoms with E-state index in [1.165, 1.54) is 0 Å². The molecule has 6 nitrogen and oxygen atoms in total. The summed E-state index contributed by atoms with van der Waals surface area (Å²) in [6.07, 6.45) is 2.06. The van der Waals surface area contributed by atoms with Gasteiger partial charge in [0.25, 0.3) is 5.91 Å². The van der Waals surface area contributed by atoms with Gasteiger partial charge < -0.3 is 14.5 Å². The minimum atomic E-state index is -0.552. The highest BCUT2D eigenvalue weighted by Crippen LogP contribution is 2.25. The number of benzene rings is 2. The lowest BCUT2D eigenvalue weighted by Crippen LogP contribution is -2.59. The van der Waals surface area contributed by atoms with Gasteiger partial charge in [0.2, 0.25) is 5.91 Å². The predicted molar refractivity (Wildman–Crippen MR) is 123 cm³/mol. The van der Waals surface area contributed by atoms with Gasteiger partial charge >= 0.3 is 0 Å². The van der Waals surface area contributed by atoms with Crippen molar-refractivity contribution in [2.45, 2.75) is 19.4 Å². The highest BCUT2D eigenvalue weighted by molar-refractivity contribution is 5.97. The van der Waals surface area contributed by atoms with Gasteiger partial charge in [0.15, 0.2) is 0 Å². The van der Waals surface area contributed by atoms with Gasteiger partial charge in [-0.2, -0.15) is 0 Å². The Morgan fingerprint density at radius 2 is 1.84 bits per heavy atom. The number of carbonyl (C=O) groups is 2. The molecule has 2 heterocycles. The van der Waals surface area contributed by atoms with Crippen LogP contribution in [-0.2, 0) is 11.2 Å². The van der Waals surface area contributed by atoms with Crippen LogP contribution in [0.2, 0.25) is 0 Å². The number of methoxy groups -OCH3 is 1. The third-order valence-corrected chi connectivity index (χ3v) is 5.89. The number of ether oxygens (including phenoxy) is 1. The first-order chi connectivity index (χ1) is 15.6. The van der Waals surface area contributed by atoms with Crippen LogP contribution in [0.4, 0.5) is 0 Å². The Morgan fingerprint density at radius 1 is 1.03 bits per heavy atom. The molecule has 1 atom stereocenters. The van der Waals surface area contributed by atoms with Gasteiger partial charge in [-0.15, -0.1) is 0 Å². The lowest BCUT2D eigenvalue weighted by molar-refractivity contribution is -0.139. The quantitative estimate of drug-likeness (QED) is 0.600. The first kappa shape index (κ1) is 21.6. The number of pyridine rings is 1. The first-order valence-electron chi connectivity index (χ1n) is 10.8. The first-order valence-corrected chi connectivity index (χ1v) is 10.8. The Labute approximate surface area is 188 Å². The van der Waals surface area contributed by atoms with Crippen LogP contribution in [0.15, 0.2) is 72.9 Å². The molecule has 2 amide bonds. The zero-order valence-corrected chi connectivity index (χ0v) is 18.4. The maximum atomic E-state index is 13.2. The maximum Gasteiger partial charge on any atom is 0.273 e. The summed E-state index contributed by atoms with van der Waals surface area (Å²) >= 11 is 0. The van der Waals surface area contributed by atoms with Crippen molar-refractivity contribution in [1.29, 1.82) is 0 Å². The SMILES string of the molecule is CCN1CCN(C(=O)c2ccccn2)[C@H](Cc2cccc(-c3ccc(OC)cc3)c2)C1=O. The summed E-state index contributed by atoms with van der Waals surface area (Å²) < 4.78 is 5.25. The van der Waals surface area contributed by atoms with E-state index in [0.29, 0.717) is 31.7 Å². The molecule has 1 aromatic heterocycles. The molecule has 164 valence electrons. The van der Waals surface area contributed by atoms with E-state index in [1.807, 2.05) is 54.3 Å². The van der Waals surface area contributed by atoms with E-state index >= 15 is 0 Å². The molecular weight excluding hydrogens is 402 g/mol. The van der Waals surface area contributed by atoms with E-state index < -0.39 is 6.04 Å². The minimum absolute atomic E-state index is 0.0159. The molecule has 32 heavy (non-hydrogen) atoms. The molecule has 1 aliphatic heterocycles. The molecule has 0 saturated carbocycles. The van der Waals surface area contributed by atoms with E-state index in [-0.39, 0.29) is 11.8 Å². The maximum absolute atomic E-state index is 13.2. The number of hydrogen-bond donors (Lipinski definition) is 0. The van der Waals surface area contributed by atoms with E-state index in [9.17, 15) is 9.59 Å². The van der Waals surface area contributed by atoms with E-state index in [4.69, 9.17) is 4.74 Å². The van der Waals surface area contributed by atoms with E-state index in [0.717, 1.165) is 22.4 Å². The van der Waals surface area contributed by atoms with Crippen molar-refractivity contribution >= 4 is 11.8 Å². The third-order valence-electron chi connectivity index (χ3n) is 5.89. The average molecular weight is 430 g/mol. The Morgan fingerprint density at radius 3 is 2.53 bits per heavy atom. The van der Waals surface area contributed by atoms with Crippen molar-refractivity contribution in [2.75, 3.05) is 26.7 Å². The fourth-order valence-electron chi connectivity index (χ4n) is 4.11. The molecule has 0 spiro atoms. The van der Waals surface area contributed by atoms with Gasteiger partial charge in [-0.1, -0.05) is 42.5 Å². The van der Waals surface area contributed by atoms with Crippen LogP contribution in [0.1, 0.15) is 23.0 Å². The summed E-state index contributed by atoms with van der Waals surface area (Å²) in [5, 5.41) is 0. The summed E-state index contributed by atoms with van der Waals surface area (Å²) in [6.45, 7) is 3.64. The Balaban J connectivity index is 1.61. The Bertz CT molecular complexity index is 1080. The molecule has 4 rings (SSSR count). The number of piperazine rings is 1. The van der Waals surface area contributed by atoms with Gasteiger partial charge in [0, 0.05) is 32.3 Å².